The number of rotatable bonds is 5. The van der Waals surface area contributed by atoms with Crippen molar-refractivity contribution in [2.24, 2.45) is 0 Å². The number of aromatic nitrogens is 2. The molecule has 6 nitrogen and oxygen atoms in total. The summed E-state index contributed by atoms with van der Waals surface area (Å²) in [6.45, 7) is 6.59. The average molecular weight is 341 g/mol. The third kappa shape index (κ3) is 4.54. The molecule has 0 saturated carbocycles. The van der Waals surface area contributed by atoms with Crippen molar-refractivity contribution in [3.63, 3.8) is 0 Å². The molecule has 3 N–H and O–H groups in total. The molecule has 132 valence electrons. The van der Waals surface area contributed by atoms with Gasteiger partial charge < -0.3 is 15.2 Å². The highest BCUT2D eigenvalue weighted by atomic mass is 16.2. The second kappa shape index (κ2) is 7.61. The van der Waals surface area contributed by atoms with Crippen molar-refractivity contribution < 1.29 is 9.69 Å². The van der Waals surface area contributed by atoms with Crippen LogP contribution in [0.15, 0.2) is 35.1 Å². The number of nitrogens with zero attached hydrogens (tertiary/aromatic N) is 1. The minimum atomic E-state index is -0.366. The molecule has 2 heterocycles. The van der Waals surface area contributed by atoms with Gasteiger partial charge in [0.1, 0.15) is 6.54 Å². The van der Waals surface area contributed by atoms with Crippen molar-refractivity contribution in [2.75, 3.05) is 13.1 Å². The summed E-state index contributed by atoms with van der Waals surface area (Å²) < 4.78 is 0. The molecule has 1 aromatic carbocycles. The van der Waals surface area contributed by atoms with Crippen molar-refractivity contribution in [2.45, 2.75) is 39.3 Å². The van der Waals surface area contributed by atoms with Crippen molar-refractivity contribution >= 4 is 5.91 Å². The lowest BCUT2D eigenvalue weighted by molar-refractivity contribution is -0.901. The third-order valence-corrected chi connectivity index (χ3v) is 4.83. The Bertz CT molecular complexity index is 775. The van der Waals surface area contributed by atoms with Crippen LogP contribution in [0.2, 0.25) is 0 Å². The number of aryl methyl sites for hydroxylation is 2. The molecule has 1 fully saturated rings. The van der Waals surface area contributed by atoms with Crippen molar-refractivity contribution in [3.8, 4) is 0 Å². The van der Waals surface area contributed by atoms with E-state index in [1.165, 1.54) is 10.5 Å². The molecule has 0 bridgehead atoms. The summed E-state index contributed by atoms with van der Waals surface area (Å²) in [7, 11) is 0. The third-order valence-electron chi connectivity index (χ3n) is 4.83. The molecule has 0 radical (unpaired) electrons. The summed E-state index contributed by atoms with van der Waals surface area (Å²) in [5, 5.41) is 3.13. The highest BCUT2D eigenvalue weighted by molar-refractivity contribution is 5.79. The number of aromatic amines is 1. The van der Waals surface area contributed by atoms with Gasteiger partial charge in [0, 0.05) is 28.9 Å². The Labute approximate surface area is 147 Å². The minimum absolute atomic E-state index is 0.00832. The monoisotopic (exact) mass is 341 g/mol. The van der Waals surface area contributed by atoms with Crippen molar-refractivity contribution in [1.29, 1.82) is 0 Å². The van der Waals surface area contributed by atoms with E-state index in [-0.39, 0.29) is 24.1 Å². The number of carbonyl (C=O) groups is 1. The molecule has 1 aliphatic heterocycles. The molecule has 2 atom stereocenters. The molecule has 6 heteroatoms. The highest BCUT2D eigenvalue weighted by Gasteiger charge is 2.27. The van der Waals surface area contributed by atoms with E-state index < -0.39 is 0 Å². The molecule has 1 saturated heterocycles. The smallest absolute Gasteiger partial charge is 0.345 e. The van der Waals surface area contributed by atoms with E-state index in [1.807, 2.05) is 6.07 Å². The van der Waals surface area contributed by atoms with Crippen LogP contribution < -0.4 is 15.9 Å². The molecular weight excluding hydrogens is 316 g/mol. The lowest BCUT2D eigenvalue weighted by atomic mass is 10.1. The van der Waals surface area contributed by atoms with Gasteiger partial charge in [-0.3, -0.25) is 4.79 Å². The molecule has 1 unspecified atom stereocenters. The Kier molecular flexibility index (Phi) is 5.28. The zero-order valence-corrected chi connectivity index (χ0v) is 14.8. The predicted octanol–water partition coefficient (Wildman–Crippen LogP) is -0.0972. The number of nitrogens with one attached hydrogen (secondary N) is 3. The Morgan fingerprint density at radius 1 is 1.32 bits per heavy atom. The highest BCUT2D eigenvalue weighted by Crippen LogP contribution is 2.08. The SMILES string of the molecule is Cc1nc(=O)[nH]c(C)c1CC(=O)N[C@@H]1CC[NH+](Cc2ccccc2)C1. The normalized spacial score (nSPS) is 19.8. The fourth-order valence-electron chi connectivity index (χ4n) is 3.55. The summed E-state index contributed by atoms with van der Waals surface area (Å²) in [6, 6.07) is 10.7. The molecular formula is C19H25N4O2+. The fraction of sp³-hybridized carbons (Fsp3) is 0.421. The molecule has 1 aromatic heterocycles. The van der Waals surface area contributed by atoms with Crippen LogP contribution in [-0.2, 0) is 17.8 Å². The number of carbonyl (C=O) groups excluding carboxylic acids is 1. The van der Waals surface area contributed by atoms with Gasteiger partial charge in [0.05, 0.1) is 25.6 Å². The summed E-state index contributed by atoms with van der Waals surface area (Å²) in [4.78, 5) is 31.8. The number of amides is 1. The Hall–Kier alpha value is -2.47. The summed E-state index contributed by atoms with van der Waals surface area (Å²) in [5.74, 6) is -0.00832. The zero-order valence-electron chi connectivity index (χ0n) is 14.8. The first-order valence-corrected chi connectivity index (χ1v) is 8.74. The summed E-state index contributed by atoms with van der Waals surface area (Å²) in [6.07, 6.45) is 1.25. The van der Waals surface area contributed by atoms with Crippen LogP contribution in [0.4, 0.5) is 0 Å². The quantitative estimate of drug-likeness (QED) is 0.711. The Balaban J connectivity index is 1.53. The fourth-order valence-corrected chi connectivity index (χ4v) is 3.55. The number of H-pyrrole nitrogens is 1. The maximum absolute atomic E-state index is 12.4. The first kappa shape index (κ1) is 17.4. The lowest BCUT2D eigenvalue weighted by Crippen LogP contribution is -3.09. The number of hydrogen-bond donors (Lipinski definition) is 3. The topological polar surface area (TPSA) is 79.3 Å². The first-order valence-electron chi connectivity index (χ1n) is 8.74. The number of likely N-dealkylation sites (tertiary alicyclic amines) is 1. The largest absolute Gasteiger partial charge is 0.347 e. The maximum Gasteiger partial charge on any atom is 0.345 e. The van der Waals surface area contributed by atoms with Crippen LogP contribution in [0.25, 0.3) is 0 Å². The Morgan fingerprint density at radius 2 is 2.08 bits per heavy atom. The van der Waals surface area contributed by atoms with E-state index in [9.17, 15) is 9.59 Å². The van der Waals surface area contributed by atoms with E-state index in [0.29, 0.717) is 5.69 Å². The van der Waals surface area contributed by atoms with Gasteiger partial charge in [0.15, 0.2) is 0 Å². The summed E-state index contributed by atoms with van der Waals surface area (Å²) in [5.41, 5.74) is 3.11. The molecule has 0 spiro atoms. The van der Waals surface area contributed by atoms with Crippen LogP contribution in [0, 0.1) is 13.8 Å². The van der Waals surface area contributed by atoms with Crippen LogP contribution in [0.1, 0.15) is 28.9 Å². The first-order chi connectivity index (χ1) is 12.0. The van der Waals surface area contributed by atoms with Crippen molar-refractivity contribution in [1.82, 2.24) is 15.3 Å². The van der Waals surface area contributed by atoms with E-state index in [4.69, 9.17) is 0 Å². The second-order valence-electron chi connectivity index (χ2n) is 6.83. The van der Waals surface area contributed by atoms with E-state index >= 15 is 0 Å². The standard InChI is InChI=1S/C19H24N4O2/c1-13-17(14(2)21-19(25)20-13)10-18(24)22-16-8-9-23(12-16)11-15-6-4-3-5-7-15/h3-7,16H,8-12H2,1-2H3,(H,22,24)(H,20,21,25)/p+1/t16-/m1/s1. The zero-order chi connectivity index (χ0) is 17.8. The van der Waals surface area contributed by atoms with Crippen molar-refractivity contribution in [3.05, 3.63) is 63.3 Å². The van der Waals surface area contributed by atoms with Crippen LogP contribution in [0.5, 0.6) is 0 Å². The van der Waals surface area contributed by atoms with E-state index in [1.54, 1.807) is 13.8 Å². The van der Waals surface area contributed by atoms with E-state index in [2.05, 4.69) is 39.6 Å². The molecule has 1 aliphatic rings. The van der Waals surface area contributed by atoms with Crippen LogP contribution in [-0.4, -0.2) is 35.0 Å². The molecule has 2 aromatic rings. The van der Waals surface area contributed by atoms with Crippen LogP contribution >= 0.6 is 0 Å². The number of benzene rings is 1. The van der Waals surface area contributed by atoms with Gasteiger partial charge >= 0.3 is 5.69 Å². The minimum Gasteiger partial charge on any atom is -0.347 e. The maximum atomic E-state index is 12.4. The van der Waals surface area contributed by atoms with Gasteiger partial charge in [-0.15, -0.1) is 0 Å². The van der Waals surface area contributed by atoms with Gasteiger partial charge in [0.25, 0.3) is 0 Å². The van der Waals surface area contributed by atoms with Crippen LogP contribution in [0.3, 0.4) is 0 Å². The molecule has 1 amide bonds. The molecule has 0 aliphatic carbocycles. The van der Waals surface area contributed by atoms with Gasteiger partial charge in [0.2, 0.25) is 5.91 Å². The Morgan fingerprint density at radius 3 is 2.80 bits per heavy atom. The van der Waals surface area contributed by atoms with Gasteiger partial charge in [-0.25, -0.2) is 4.79 Å². The summed E-state index contributed by atoms with van der Waals surface area (Å²) >= 11 is 0. The molecule has 3 rings (SSSR count). The number of hydrogen-bond acceptors (Lipinski definition) is 3. The average Bonchev–Trinajstić information content (AvgIpc) is 2.98. The van der Waals surface area contributed by atoms with Gasteiger partial charge in [-0.1, -0.05) is 30.3 Å². The lowest BCUT2D eigenvalue weighted by Gasteiger charge is -2.15. The van der Waals surface area contributed by atoms with Gasteiger partial charge in [-0.05, 0) is 13.8 Å². The molecule has 25 heavy (non-hydrogen) atoms. The predicted molar refractivity (Wildman–Crippen MR) is 95.4 cm³/mol. The van der Waals surface area contributed by atoms with Gasteiger partial charge in [-0.2, -0.15) is 4.98 Å². The van der Waals surface area contributed by atoms with E-state index in [0.717, 1.165) is 37.3 Å². The second-order valence-corrected chi connectivity index (χ2v) is 6.83. The number of quaternary nitrogens is 1.